The van der Waals surface area contributed by atoms with Crippen LogP contribution in [0.1, 0.15) is 34.6 Å². The van der Waals surface area contributed by atoms with Gasteiger partial charge < -0.3 is 10.0 Å². The Hall–Kier alpha value is -1.91. The van der Waals surface area contributed by atoms with Gasteiger partial charge in [-0.2, -0.15) is 0 Å². The standard InChI is InChI=1S/C16H18N2O3/c19-15(13-5-4-9-2-1-3-12(9)17-13)18-7-6-10-11(8-18)14(10)16(20)21/h4-5,10-11,14H,1-3,6-8H2,(H,20,21)/t10-,11+,14-/m1/s1. The van der Waals surface area contributed by atoms with Crippen LogP contribution in [0.4, 0.5) is 0 Å². The first-order valence-electron chi connectivity index (χ1n) is 7.66. The van der Waals surface area contributed by atoms with Crippen molar-refractivity contribution in [2.75, 3.05) is 13.1 Å². The number of carbonyl (C=O) groups is 2. The van der Waals surface area contributed by atoms with Crippen molar-refractivity contribution >= 4 is 11.9 Å². The van der Waals surface area contributed by atoms with Gasteiger partial charge in [-0.1, -0.05) is 6.07 Å². The molecule has 5 nitrogen and oxygen atoms in total. The molecule has 1 amide bonds. The van der Waals surface area contributed by atoms with Crippen molar-refractivity contribution in [3.8, 4) is 0 Å². The van der Waals surface area contributed by atoms with Gasteiger partial charge in [0.15, 0.2) is 0 Å². The average molecular weight is 286 g/mol. The molecule has 1 N–H and O–H groups in total. The van der Waals surface area contributed by atoms with E-state index in [9.17, 15) is 9.59 Å². The number of likely N-dealkylation sites (tertiary alicyclic amines) is 1. The SMILES string of the molecule is O=C(O)[C@@H]1[C@@H]2CCN(C(=O)c3ccc4c(n3)CCC4)C[C@@H]21. The highest BCUT2D eigenvalue weighted by molar-refractivity contribution is 5.92. The van der Waals surface area contributed by atoms with Crippen LogP contribution in [-0.4, -0.2) is 40.0 Å². The lowest BCUT2D eigenvalue weighted by molar-refractivity contribution is -0.139. The minimum atomic E-state index is -0.713. The number of piperidine rings is 1. The predicted octanol–water partition coefficient (Wildman–Crippen LogP) is 1.36. The van der Waals surface area contributed by atoms with E-state index < -0.39 is 5.97 Å². The molecular formula is C16H18N2O3. The maximum atomic E-state index is 12.6. The van der Waals surface area contributed by atoms with E-state index in [4.69, 9.17) is 5.11 Å². The van der Waals surface area contributed by atoms with Gasteiger partial charge in [-0.15, -0.1) is 0 Å². The Morgan fingerprint density at radius 3 is 2.90 bits per heavy atom. The summed E-state index contributed by atoms with van der Waals surface area (Å²) in [5.41, 5.74) is 2.84. The molecule has 1 saturated carbocycles. The lowest BCUT2D eigenvalue weighted by Gasteiger charge is -2.26. The van der Waals surface area contributed by atoms with Gasteiger partial charge in [0.2, 0.25) is 0 Å². The quantitative estimate of drug-likeness (QED) is 0.891. The third kappa shape index (κ3) is 2.03. The summed E-state index contributed by atoms with van der Waals surface area (Å²) in [7, 11) is 0. The summed E-state index contributed by atoms with van der Waals surface area (Å²) in [6.45, 7) is 1.22. The molecule has 2 aliphatic carbocycles. The Bertz CT molecular complexity index is 628. The Balaban J connectivity index is 1.50. The summed E-state index contributed by atoms with van der Waals surface area (Å²) in [4.78, 5) is 29.9. The average Bonchev–Trinajstić information content (AvgIpc) is 3.02. The van der Waals surface area contributed by atoms with E-state index in [1.807, 2.05) is 12.1 Å². The van der Waals surface area contributed by atoms with Crippen LogP contribution in [0.5, 0.6) is 0 Å². The molecule has 3 atom stereocenters. The first-order valence-corrected chi connectivity index (χ1v) is 7.66. The van der Waals surface area contributed by atoms with Crippen molar-refractivity contribution < 1.29 is 14.7 Å². The molecule has 2 fully saturated rings. The second kappa shape index (κ2) is 4.55. The smallest absolute Gasteiger partial charge is 0.307 e. The summed E-state index contributed by atoms with van der Waals surface area (Å²) in [6, 6.07) is 3.84. The molecule has 0 radical (unpaired) electrons. The molecular weight excluding hydrogens is 268 g/mol. The summed E-state index contributed by atoms with van der Waals surface area (Å²) in [5, 5.41) is 9.12. The van der Waals surface area contributed by atoms with Crippen LogP contribution in [-0.2, 0) is 17.6 Å². The molecule has 0 spiro atoms. The number of aryl methyl sites for hydroxylation is 2. The Labute approximate surface area is 123 Å². The number of carbonyl (C=O) groups excluding carboxylic acids is 1. The van der Waals surface area contributed by atoms with Crippen molar-refractivity contribution in [3.63, 3.8) is 0 Å². The topological polar surface area (TPSA) is 70.5 Å². The number of aliphatic carboxylic acids is 1. The van der Waals surface area contributed by atoms with Gasteiger partial charge in [-0.05, 0) is 49.1 Å². The molecule has 21 heavy (non-hydrogen) atoms. The number of pyridine rings is 1. The number of nitrogens with zero attached hydrogens (tertiary/aromatic N) is 2. The van der Waals surface area contributed by atoms with Crippen molar-refractivity contribution in [1.29, 1.82) is 0 Å². The molecule has 5 heteroatoms. The Kier molecular flexibility index (Phi) is 2.77. The highest BCUT2D eigenvalue weighted by Gasteiger charge is 2.57. The normalized spacial score (nSPS) is 29.7. The molecule has 0 aromatic carbocycles. The summed E-state index contributed by atoms with van der Waals surface area (Å²) in [6.07, 6.45) is 3.94. The van der Waals surface area contributed by atoms with Gasteiger partial charge in [0.05, 0.1) is 5.92 Å². The maximum Gasteiger partial charge on any atom is 0.307 e. The fraction of sp³-hybridized carbons (Fsp3) is 0.562. The number of carboxylic acids is 1. The van der Waals surface area contributed by atoms with E-state index in [-0.39, 0.29) is 23.7 Å². The largest absolute Gasteiger partial charge is 0.481 e. The third-order valence-corrected chi connectivity index (χ3v) is 5.21. The summed E-state index contributed by atoms with van der Waals surface area (Å²) >= 11 is 0. The summed E-state index contributed by atoms with van der Waals surface area (Å²) < 4.78 is 0. The van der Waals surface area contributed by atoms with E-state index in [2.05, 4.69) is 4.98 Å². The lowest BCUT2D eigenvalue weighted by atomic mass is 10.1. The van der Waals surface area contributed by atoms with Crippen LogP contribution in [0.2, 0.25) is 0 Å². The first-order chi connectivity index (χ1) is 10.1. The van der Waals surface area contributed by atoms with Crippen LogP contribution >= 0.6 is 0 Å². The zero-order chi connectivity index (χ0) is 14.6. The van der Waals surface area contributed by atoms with E-state index in [1.165, 1.54) is 5.56 Å². The number of hydrogen-bond donors (Lipinski definition) is 1. The van der Waals surface area contributed by atoms with Gasteiger partial charge in [0.25, 0.3) is 5.91 Å². The van der Waals surface area contributed by atoms with Crippen LogP contribution in [0.3, 0.4) is 0 Å². The van der Waals surface area contributed by atoms with E-state index in [0.717, 1.165) is 31.4 Å². The number of hydrogen-bond acceptors (Lipinski definition) is 3. The Morgan fingerprint density at radius 1 is 1.24 bits per heavy atom. The molecule has 2 heterocycles. The summed E-state index contributed by atoms with van der Waals surface area (Å²) in [5.74, 6) is -0.570. The molecule has 1 aromatic heterocycles. The second-order valence-corrected chi connectivity index (χ2v) is 6.39. The predicted molar refractivity (Wildman–Crippen MR) is 74.9 cm³/mol. The van der Waals surface area contributed by atoms with E-state index in [0.29, 0.717) is 18.8 Å². The van der Waals surface area contributed by atoms with Crippen LogP contribution in [0, 0.1) is 17.8 Å². The number of carboxylic acid groups (broad SMARTS) is 1. The highest BCUT2D eigenvalue weighted by Crippen LogP contribution is 2.51. The second-order valence-electron chi connectivity index (χ2n) is 6.39. The van der Waals surface area contributed by atoms with Crippen molar-refractivity contribution in [3.05, 3.63) is 29.1 Å². The monoisotopic (exact) mass is 286 g/mol. The fourth-order valence-corrected chi connectivity index (χ4v) is 3.99. The van der Waals surface area contributed by atoms with Gasteiger partial charge in [0, 0.05) is 18.8 Å². The first kappa shape index (κ1) is 12.8. The fourth-order valence-electron chi connectivity index (χ4n) is 3.99. The molecule has 110 valence electrons. The molecule has 1 aliphatic heterocycles. The molecule has 1 aromatic rings. The van der Waals surface area contributed by atoms with Crippen LogP contribution in [0.15, 0.2) is 12.1 Å². The number of aromatic nitrogens is 1. The molecule has 0 unspecified atom stereocenters. The minimum absolute atomic E-state index is 0.0424. The van der Waals surface area contributed by atoms with Gasteiger partial charge >= 0.3 is 5.97 Å². The van der Waals surface area contributed by atoms with Crippen molar-refractivity contribution in [2.24, 2.45) is 17.8 Å². The maximum absolute atomic E-state index is 12.6. The zero-order valence-electron chi connectivity index (χ0n) is 11.8. The number of fused-ring (bicyclic) bond motifs is 2. The number of rotatable bonds is 2. The van der Waals surface area contributed by atoms with E-state index >= 15 is 0 Å². The van der Waals surface area contributed by atoms with Gasteiger partial charge in [-0.25, -0.2) is 4.98 Å². The minimum Gasteiger partial charge on any atom is -0.481 e. The van der Waals surface area contributed by atoms with Crippen LogP contribution in [0.25, 0.3) is 0 Å². The van der Waals surface area contributed by atoms with Crippen molar-refractivity contribution in [2.45, 2.75) is 25.7 Å². The lowest BCUT2D eigenvalue weighted by Crippen LogP contribution is -2.37. The van der Waals surface area contributed by atoms with Crippen molar-refractivity contribution in [1.82, 2.24) is 9.88 Å². The highest BCUT2D eigenvalue weighted by atomic mass is 16.4. The molecule has 1 saturated heterocycles. The van der Waals surface area contributed by atoms with Crippen LogP contribution < -0.4 is 0 Å². The molecule has 3 aliphatic rings. The molecule has 0 bridgehead atoms. The van der Waals surface area contributed by atoms with Gasteiger partial charge in [-0.3, -0.25) is 9.59 Å². The number of amides is 1. The zero-order valence-corrected chi connectivity index (χ0v) is 11.8. The van der Waals surface area contributed by atoms with Gasteiger partial charge in [0.1, 0.15) is 5.69 Å². The molecule has 4 rings (SSSR count). The third-order valence-electron chi connectivity index (χ3n) is 5.21. The van der Waals surface area contributed by atoms with E-state index in [1.54, 1.807) is 4.90 Å². The Morgan fingerprint density at radius 2 is 2.10 bits per heavy atom.